The summed E-state index contributed by atoms with van der Waals surface area (Å²) in [5.41, 5.74) is 8.92. The van der Waals surface area contributed by atoms with Crippen LogP contribution in [-0.4, -0.2) is 11.8 Å². The van der Waals surface area contributed by atoms with E-state index in [9.17, 15) is 0 Å². The number of hydrogen-bond donors (Lipinski definition) is 1. The molecule has 0 bridgehead atoms. The van der Waals surface area contributed by atoms with Crippen LogP contribution in [0.25, 0.3) is 11.1 Å². The minimum absolute atomic E-state index is 0.406. The molecule has 106 valence electrons. The molecule has 1 saturated carbocycles. The molecule has 1 fully saturated rings. The van der Waals surface area contributed by atoms with Gasteiger partial charge in [0.1, 0.15) is 5.75 Å². The Hall–Kier alpha value is -1.97. The second kappa shape index (κ2) is 5.57. The lowest BCUT2D eigenvalue weighted by Gasteiger charge is -2.24. The van der Waals surface area contributed by atoms with Crippen molar-refractivity contribution in [2.24, 2.45) is 5.92 Å². The van der Waals surface area contributed by atoms with E-state index in [2.05, 4.69) is 5.16 Å². The zero-order valence-corrected chi connectivity index (χ0v) is 11.8. The summed E-state index contributed by atoms with van der Waals surface area (Å²) in [5.74, 6) is 2.01. The van der Waals surface area contributed by atoms with Gasteiger partial charge in [-0.25, -0.2) is 0 Å². The van der Waals surface area contributed by atoms with Crippen LogP contribution in [0.1, 0.15) is 31.9 Å². The Labute approximate surface area is 118 Å². The highest BCUT2D eigenvalue weighted by atomic mass is 16.5. The molecular weight excluding hydrogens is 252 g/mol. The highest BCUT2D eigenvalue weighted by Gasteiger charge is 2.23. The van der Waals surface area contributed by atoms with Crippen molar-refractivity contribution in [1.29, 1.82) is 0 Å². The van der Waals surface area contributed by atoms with Crippen molar-refractivity contribution in [3.8, 4) is 16.9 Å². The third-order valence-electron chi connectivity index (χ3n) is 3.95. The molecule has 2 aromatic rings. The summed E-state index contributed by atoms with van der Waals surface area (Å²) >= 11 is 0. The summed E-state index contributed by atoms with van der Waals surface area (Å²) in [6.07, 6.45) is 4.87. The Kier molecular flexibility index (Phi) is 3.63. The molecule has 0 aliphatic heterocycles. The Balaban J connectivity index is 1.86. The van der Waals surface area contributed by atoms with Crippen LogP contribution in [0.15, 0.2) is 28.8 Å². The van der Waals surface area contributed by atoms with Gasteiger partial charge in [-0.2, -0.15) is 0 Å². The van der Waals surface area contributed by atoms with E-state index in [1.165, 1.54) is 19.3 Å². The first kappa shape index (κ1) is 13.0. The maximum absolute atomic E-state index is 5.94. The van der Waals surface area contributed by atoms with E-state index in [0.717, 1.165) is 34.9 Å². The van der Waals surface area contributed by atoms with Gasteiger partial charge in [-0.3, -0.25) is 0 Å². The first-order valence-electron chi connectivity index (χ1n) is 7.25. The number of nitrogens with zero attached hydrogens (tertiary/aromatic N) is 1. The van der Waals surface area contributed by atoms with Crippen molar-refractivity contribution < 1.29 is 9.26 Å². The van der Waals surface area contributed by atoms with Gasteiger partial charge in [0.25, 0.3) is 0 Å². The summed E-state index contributed by atoms with van der Waals surface area (Å²) in [5, 5.41) is 4.14. The summed E-state index contributed by atoms with van der Waals surface area (Å²) in [7, 11) is 0. The second-order valence-electron chi connectivity index (χ2n) is 5.33. The van der Waals surface area contributed by atoms with Gasteiger partial charge in [-0.05, 0) is 37.0 Å². The van der Waals surface area contributed by atoms with Crippen LogP contribution in [0.2, 0.25) is 0 Å². The Morgan fingerprint density at radius 1 is 1.30 bits per heavy atom. The van der Waals surface area contributed by atoms with Gasteiger partial charge in [0.05, 0.1) is 17.9 Å². The number of nitrogens with two attached hydrogens (primary N) is 1. The molecule has 4 nitrogen and oxygen atoms in total. The predicted molar refractivity (Wildman–Crippen MR) is 78.6 cm³/mol. The van der Waals surface area contributed by atoms with E-state index in [4.69, 9.17) is 15.0 Å². The number of ether oxygens (including phenoxy) is 1. The van der Waals surface area contributed by atoms with Crippen LogP contribution < -0.4 is 10.5 Å². The molecule has 2 N–H and O–H groups in total. The largest absolute Gasteiger partial charge is 0.494 e. The van der Waals surface area contributed by atoms with Crippen LogP contribution in [0.3, 0.4) is 0 Å². The summed E-state index contributed by atoms with van der Waals surface area (Å²) in [4.78, 5) is 0. The fraction of sp³-hybridized carbons (Fsp3) is 0.438. The number of rotatable bonds is 5. The monoisotopic (exact) mass is 272 g/mol. The van der Waals surface area contributed by atoms with E-state index in [0.29, 0.717) is 12.5 Å². The zero-order valence-electron chi connectivity index (χ0n) is 11.8. The molecule has 0 amide bonds. The maximum atomic E-state index is 5.94. The smallest absolute Gasteiger partial charge is 0.230 e. The molecule has 20 heavy (non-hydrogen) atoms. The second-order valence-corrected chi connectivity index (χ2v) is 5.33. The van der Waals surface area contributed by atoms with Crippen LogP contribution >= 0.6 is 0 Å². The molecule has 1 aromatic heterocycles. The van der Waals surface area contributed by atoms with Crippen molar-refractivity contribution in [2.75, 3.05) is 12.3 Å². The van der Waals surface area contributed by atoms with E-state index in [-0.39, 0.29) is 0 Å². The van der Waals surface area contributed by atoms with Gasteiger partial charge in [0.15, 0.2) is 0 Å². The molecule has 0 saturated heterocycles. The van der Waals surface area contributed by atoms with Crippen molar-refractivity contribution in [2.45, 2.75) is 32.6 Å². The number of anilines is 1. The van der Waals surface area contributed by atoms with Gasteiger partial charge in [0.2, 0.25) is 5.88 Å². The molecule has 1 aromatic carbocycles. The molecular formula is C16H20N2O2. The molecule has 1 heterocycles. The standard InChI is InChI=1S/C16H20N2O2/c1-2-19-13-8-6-12(7-9-13)15-14(18-20-16(15)17)10-11-4-3-5-11/h6-9,11H,2-5,10,17H2,1H3. The molecule has 0 unspecified atom stereocenters. The van der Waals surface area contributed by atoms with Crippen LogP contribution in [0.5, 0.6) is 5.75 Å². The molecule has 0 radical (unpaired) electrons. The average Bonchev–Trinajstić information content (AvgIpc) is 2.77. The number of benzene rings is 1. The molecule has 4 heteroatoms. The lowest BCUT2D eigenvalue weighted by atomic mass is 9.81. The SMILES string of the molecule is CCOc1ccc(-c2c(CC3CCC3)noc2N)cc1. The fourth-order valence-electron chi connectivity index (χ4n) is 2.64. The molecule has 0 spiro atoms. The predicted octanol–water partition coefficient (Wildman–Crippen LogP) is 3.67. The quantitative estimate of drug-likeness (QED) is 0.902. The van der Waals surface area contributed by atoms with Crippen molar-refractivity contribution in [3.63, 3.8) is 0 Å². The normalized spacial score (nSPS) is 15.1. The number of nitrogen functional groups attached to an aromatic ring is 1. The van der Waals surface area contributed by atoms with Gasteiger partial charge in [-0.1, -0.05) is 36.6 Å². The Bertz CT molecular complexity index is 571. The topological polar surface area (TPSA) is 61.3 Å². The molecule has 3 rings (SSSR count). The van der Waals surface area contributed by atoms with E-state index >= 15 is 0 Å². The van der Waals surface area contributed by atoms with Crippen LogP contribution in [0.4, 0.5) is 5.88 Å². The fourth-order valence-corrected chi connectivity index (χ4v) is 2.64. The van der Waals surface area contributed by atoms with E-state index in [1.807, 2.05) is 31.2 Å². The van der Waals surface area contributed by atoms with Gasteiger partial charge in [0, 0.05) is 0 Å². The maximum Gasteiger partial charge on any atom is 0.230 e. The average molecular weight is 272 g/mol. The lowest BCUT2D eigenvalue weighted by molar-refractivity contribution is 0.306. The highest BCUT2D eigenvalue weighted by molar-refractivity contribution is 5.75. The molecule has 1 aliphatic rings. The third-order valence-corrected chi connectivity index (χ3v) is 3.95. The number of hydrogen-bond acceptors (Lipinski definition) is 4. The van der Waals surface area contributed by atoms with Gasteiger partial charge >= 0.3 is 0 Å². The highest BCUT2D eigenvalue weighted by Crippen LogP contribution is 2.36. The van der Waals surface area contributed by atoms with Crippen molar-refractivity contribution in [3.05, 3.63) is 30.0 Å². The van der Waals surface area contributed by atoms with Crippen molar-refractivity contribution >= 4 is 5.88 Å². The minimum Gasteiger partial charge on any atom is -0.494 e. The third kappa shape index (κ3) is 2.50. The lowest BCUT2D eigenvalue weighted by Crippen LogP contribution is -2.14. The number of aromatic nitrogens is 1. The Morgan fingerprint density at radius 3 is 2.65 bits per heavy atom. The first-order valence-corrected chi connectivity index (χ1v) is 7.25. The molecule has 0 atom stereocenters. The van der Waals surface area contributed by atoms with Gasteiger partial charge < -0.3 is 15.0 Å². The Morgan fingerprint density at radius 2 is 2.05 bits per heavy atom. The van der Waals surface area contributed by atoms with Crippen molar-refractivity contribution in [1.82, 2.24) is 5.16 Å². The van der Waals surface area contributed by atoms with Crippen LogP contribution in [0, 0.1) is 5.92 Å². The molecule has 1 aliphatic carbocycles. The zero-order chi connectivity index (χ0) is 13.9. The summed E-state index contributed by atoms with van der Waals surface area (Å²) in [6, 6.07) is 7.94. The van der Waals surface area contributed by atoms with E-state index < -0.39 is 0 Å². The van der Waals surface area contributed by atoms with Gasteiger partial charge in [-0.15, -0.1) is 0 Å². The van der Waals surface area contributed by atoms with E-state index in [1.54, 1.807) is 0 Å². The summed E-state index contributed by atoms with van der Waals surface area (Å²) in [6.45, 7) is 2.64. The van der Waals surface area contributed by atoms with Crippen LogP contribution in [-0.2, 0) is 6.42 Å². The first-order chi connectivity index (χ1) is 9.78. The minimum atomic E-state index is 0.406. The summed E-state index contributed by atoms with van der Waals surface area (Å²) < 4.78 is 10.7.